The number of fused-ring (bicyclic) bond motifs is 2. The molecule has 2 aliphatic carbocycles. The van der Waals surface area contributed by atoms with Gasteiger partial charge in [0.15, 0.2) is 0 Å². The van der Waals surface area contributed by atoms with Gasteiger partial charge in [-0.3, -0.25) is 0 Å². The lowest BCUT2D eigenvalue weighted by Gasteiger charge is -2.22. The highest BCUT2D eigenvalue weighted by atomic mass is 15.0. The summed E-state index contributed by atoms with van der Waals surface area (Å²) in [6, 6.07) is 9.13. The summed E-state index contributed by atoms with van der Waals surface area (Å²) in [5.41, 5.74) is 5.18. The number of nitrogens with zero attached hydrogens (tertiary/aromatic N) is 1. The average Bonchev–Trinajstić information content (AvgIpc) is 2.98. The molecule has 0 N–H and O–H groups in total. The van der Waals surface area contributed by atoms with Crippen LogP contribution in [0.25, 0.3) is 5.57 Å². The summed E-state index contributed by atoms with van der Waals surface area (Å²) in [5.74, 6) is 0. The molecule has 1 nitrogen and oxygen atoms in total. The van der Waals surface area contributed by atoms with E-state index in [2.05, 4.69) is 49.3 Å². The van der Waals surface area contributed by atoms with Crippen molar-refractivity contribution in [2.75, 3.05) is 20.6 Å². The molecule has 0 heterocycles. The minimum absolute atomic E-state index is 0.407. The summed E-state index contributed by atoms with van der Waals surface area (Å²) in [6.07, 6.45) is 10.6. The first kappa shape index (κ1) is 12.9. The van der Waals surface area contributed by atoms with Crippen LogP contribution in [0.15, 0.2) is 30.3 Å². The molecule has 0 amide bonds. The summed E-state index contributed by atoms with van der Waals surface area (Å²) in [5, 5.41) is 0. The Morgan fingerprint density at radius 2 is 1.84 bits per heavy atom. The zero-order chi connectivity index (χ0) is 13.3. The first-order chi connectivity index (χ1) is 9.21. The van der Waals surface area contributed by atoms with E-state index in [4.69, 9.17) is 0 Å². The predicted octanol–water partition coefficient (Wildman–Crippen LogP) is 4.24. The third kappa shape index (κ3) is 2.36. The molecular weight excluding hydrogens is 230 g/mol. The molecule has 1 heteroatoms. The Hall–Kier alpha value is -1.08. The summed E-state index contributed by atoms with van der Waals surface area (Å²) < 4.78 is 0. The van der Waals surface area contributed by atoms with Gasteiger partial charge >= 0.3 is 0 Å². The lowest BCUT2D eigenvalue weighted by molar-refractivity contribution is 0.403. The molecule has 102 valence electrons. The lowest BCUT2D eigenvalue weighted by Crippen LogP contribution is -2.16. The Morgan fingerprint density at radius 3 is 2.58 bits per heavy atom. The second-order valence-corrected chi connectivity index (χ2v) is 6.49. The van der Waals surface area contributed by atoms with Crippen molar-refractivity contribution in [3.8, 4) is 0 Å². The second kappa shape index (κ2) is 5.13. The lowest BCUT2D eigenvalue weighted by atomic mass is 9.81. The van der Waals surface area contributed by atoms with E-state index >= 15 is 0 Å². The van der Waals surface area contributed by atoms with E-state index in [9.17, 15) is 0 Å². The van der Waals surface area contributed by atoms with E-state index in [0.717, 1.165) is 0 Å². The molecule has 0 saturated heterocycles. The molecule has 19 heavy (non-hydrogen) atoms. The van der Waals surface area contributed by atoms with Gasteiger partial charge in [-0.15, -0.1) is 0 Å². The summed E-state index contributed by atoms with van der Waals surface area (Å²) in [7, 11) is 4.32. The minimum atomic E-state index is 0.407. The fourth-order valence-electron chi connectivity index (χ4n) is 3.90. The number of rotatable bonds is 4. The third-order valence-corrected chi connectivity index (χ3v) is 4.81. The van der Waals surface area contributed by atoms with Gasteiger partial charge in [0.1, 0.15) is 0 Å². The number of benzene rings is 1. The Bertz CT molecular complexity index is 478. The fourth-order valence-corrected chi connectivity index (χ4v) is 3.90. The van der Waals surface area contributed by atoms with Crippen LogP contribution in [-0.4, -0.2) is 25.5 Å². The highest BCUT2D eigenvalue weighted by Crippen LogP contribution is 2.51. The van der Waals surface area contributed by atoms with Crippen LogP contribution >= 0.6 is 0 Å². The van der Waals surface area contributed by atoms with E-state index in [1.54, 1.807) is 16.7 Å². The van der Waals surface area contributed by atoms with E-state index < -0.39 is 0 Å². The highest BCUT2D eigenvalue weighted by Gasteiger charge is 2.39. The van der Waals surface area contributed by atoms with Gasteiger partial charge in [0.25, 0.3) is 0 Å². The Morgan fingerprint density at radius 1 is 1.11 bits per heavy atom. The van der Waals surface area contributed by atoms with Crippen molar-refractivity contribution in [3.63, 3.8) is 0 Å². The van der Waals surface area contributed by atoms with Crippen LogP contribution in [0.2, 0.25) is 0 Å². The first-order valence-electron chi connectivity index (χ1n) is 7.68. The van der Waals surface area contributed by atoms with Crippen molar-refractivity contribution < 1.29 is 0 Å². The molecule has 0 aliphatic heterocycles. The Balaban J connectivity index is 1.84. The van der Waals surface area contributed by atoms with Crippen LogP contribution in [0.3, 0.4) is 0 Å². The van der Waals surface area contributed by atoms with E-state index in [-0.39, 0.29) is 0 Å². The monoisotopic (exact) mass is 255 g/mol. The van der Waals surface area contributed by atoms with Gasteiger partial charge in [-0.05, 0) is 63.0 Å². The molecule has 2 aliphatic rings. The summed E-state index contributed by atoms with van der Waals surface area (Å²) in [4.78, 5) is 2.28. The van der Waals surface area contributed by atoms with Gasteiger partial charge in [-0.2, -0.15) is 0 Å². The maximum absolute atomic E-state index is 2.63. The van der Waals surface area contributed by atoms with Crippen molar-refractivity contribution >= 4 is 5.57 Å². The van der Waals surface area contributed by atoms with Crippen LogP contribution in [0.4, 0.5) is 0 Å². The van der Waals surface area contributed by atoms with Crippen molar-refractivity contribution in [3.05, 3.63) is 41.5 Å². The molecule has 1 aromatic carbocycles. The molecule has 0 unspecified atom stereocenters. The molecule has 0 bridgehead atoms. The van der Waals surface area contributed by atoms with Gasteiger partial charge in [-0.25, -0.2) is 0 Å². The minimum Gasteiger partial charge on any atom is -0.309 e. The van der Waals surface area contributed by atoms with Crippen molar-refractivity contribution in [1.82, 2.24) is 4.90 Å². The zero-order valence-corrected chi connectivity index (χ0v) is 12.3. The smallest absolute Gasteiger partial charge is 0.0144 e. The molecule has 1 spiro atoms. The Labute approximate surface area is 117 Å². The van der Waals surface area contributed by atoms with Gasteiger partial charge in [-0.1, -0.05) is 43.2 Å². The van der Waals surface area contributed by atoms with Crippen molar-refractivity contribution in [2.45, 2.75) is 43.9 Å². The topological polar surface area (TPSA) is 3.24 Å². The number of allylic oxidation sites excluding steroid dienone is 2. The predicted molar refractivity (Wildman–Crippen MR) is 82.4 cm³/mol. The fraction of sp³-hybridized carbons (Fsp3) is 0.556. The van der Waals surface area contributed by atoms with Gasteiger partial charge in [0, 0.05) is 5.41 Å². The van der Waals surface area contributed by atoms with Crippen LogP contribution in [0.5, 0.6) is 0 Å². The second-order valence-electron chi connectivity index (χ2n) is 6.49. The van der Waals surface area contributed by atoms with Gasteiger partial charge in [0.05, 0.1) is 0 Å². The third-order valence-electron chi connectivity index (χ3n) is 4.81. The summed E-state index contributed by atoms with van der Waals surface area (Å²) >= 11 is 0. The molecule has 0 atom stereocenters. The van der Waals surface area contributed by atoms with Crippen molar-refractivity contribution in [1.29, 1.82) is 0 Å². The van der Waals surface area contributed by atoms with Crippen LogP contribution < -0.4 is 0 Å². The first-order valence-corrected chi connectivity index (χ1v) is 7.68. The van der Waals surface area contributed by atoms with Crippen molar-refractivity contribution in [2.24, 2.45) is 0 Å². The molecule has 1 aromatic rings. The number of hydrogen-bond acceptors (Lipinski definition) is 1. The summed E-state index contributed by atoms with van der Waals surface area (Å²) in [6.45, 7) is 1.19. The normalized spacial score (nSPS) is 20.1. The quantitative estimate of drug-likeness (QED) is 0.778. The standard InChI is InChI=1S/C18H25N/c1-19(2)13-7-8-15-14-18(11-5-6-12-18)17-10-4-3-9-16(15)17/h3-4,9-10,14H,5-8,11-13H2,1-2H3. The van der Waals surface area contributed by atoms with Crippen LogP contribution in [0.1, 0.15) is 49.7 Å². The number of hydrogen-bond donors (Lipinski definition) is 0. The molecule has 0 aromatic heterocycles. The largest absolute Gasteiger partial charge is 0.309 e. The van der Waals surface area contributed by atoms with E-state index in [0.29, 0.717) is 5.41 Å². The highest BCUT2D eigenvalue weighted by molar-refractivity contribution is 5.76. The van der Waals surface area contributed by atoms with E-state index in [1.165, 1.54) is 45.1 Å². The molecule has 3 rings (SSSR count). The molecule has 0 radical (unpaired) electrons. The molecular formula is C18H25N. The van der Waals surface area contributed by atoms with Gasteiger partial charge < -0.3 is 4.90 Å². The maximum Gasteiger partial charge on any atom is 0.0144 e. The van der Waals surface area contributed by atoms with E-state index in [1.807, 2.05) is 0 Å². The van der Waals surface area contributed by atoms with Crippen LogP contribution in [0, 0.1) is 0 Å². The SMILES string of the molecule is CN(C)CCCC1=CC2(CCCC2)c2ccccc21. The molecule has 1 saturated carbocycles. The van der Waals surface area contributed by atoms with Crippen LogP contribution in [-0.2, 0) is 5.41 Å². The zero-order valence-electron chi connectivity index (χ0n) is 12.3. The molecule has 1 fully saturated rings. The Kier molecular flexibility index (Phi) is 3.49. The average molecular weight is 255 g/mol. The maximum atomic E-state index is 2.63. The van der Waals surface area contributed by atoms with Gasteiger partial charge in [0.2, 0.25) is 0 Å².